The number of ether oxygens (including phenoxy) is 2. The van der Waals surface area contributed by atoms with Crippen molar-refractivity contribution in [1.82, 2.24) is 29.5 Å². The van der Waals surface area contributed by atoms with Crippen LogP contribution < -0.4 is 25.7 Å². The topological polar surface area (TPSA) is 129 Å². The molecule has 7 aromatic rings. The third-order valence-electron chi connectivity index (χ3n) is 8.07. The van der Waals surface area contributed by atoms with Crippen molar-refractivity contribution < 1.29 is 9.47 Å². The molecule has 238 valence electrons. The second-order valence-corrected chi connectivity index (χ2v) is 11.1. The molecule has 0 bridgehead atoms. The normalized spacial score (nSPS) is 11.7. The third-order valence-corrected chi connectivity index (χ3v) is 8.07. The van der Waals surface area contributed by atoms with Gasteiger partial charge in [-0.3, -0.25) is 14.3 Å². The van der Waals surface area contributed by atoms with Gasteiger partial charge in [0.2, 0.25) is 5.95 Å². The van der Waals surface area contributed by atoms with E-state index in [9.17, 15) is 4.79 Å². The van der Waals surface area contributed by atoms with Crippen molar-refractivity contribution in [2.75, 3.05) is 24.9 Å². The maximum absolute atomic E-state index is 14.6. The zero-order valence-corrected chi connectivity index (χ0v) is 26.6. The highest BCUT2D eigenvalue weighted by atomic mass is 16.5. The molecule has 1 atom stereocenters. The summed E-state index contributed by atoms with van der Waals surface area (Å²) in [4.78, 5) is 37.3. The summed E-state index contributed by atoms with van der Waals surface area (Å²) in [5.41, 5.74) is 5.12. The molecule has 7 rings (SSSR count). The van der Waals surface area contributed by atoms with E-state index in [1.165, 1.54) is 7.11 Å². The minimum Gasteiger partial charge on any atom is -0.497 e. The Morgan fingerprint density at radius 2 is 1.62 bits per heavy atom. The van der Waals surface area contributed by atoms with Crippen LogP contribution in [0.25, 0.3) is 38.6 Å². The highest BCUT2D eigenvalue weighted by Gasteiger charge is 2.21. The molecule has 0 saturated heterocycles. The van der Waals surface area contributed by atoms with Gasteiger partial charge in [-0.1, -0.05) is 48.5 Å². The molecule has 11 heteroatoms. The van der Waals surface area contributed by atoms with Gasteiger partial charge in [0, 0.05) is 42.1 Å². The van der Waals surface area contributed by atoms with Crippen LogP contribution in [0.3, 0.4) is 0 Å². The SMILES string of the molecule is COc1ccc(CNc2nc(N[C@@H](C)c3cc4cccc(-c5cnc(OC)nc5)c4c(=O)n3-c3ccccc3)c3ncccc3n2)cc1. The zero-order chi connectivity index (χ0) is 33.0. The zero-order valence-electron chi connectivity index (χ0n) is 26.6. The molecule has 2 N–H and O–H groups in total. The number of nitrogens with zero attached hydrogens (tertiary/aromatic N) is 6. The number of fused-ring (bicyclic) bond motifs is 2. The van der Waals surface area contributed by atoms with Gasteiger partial charge in [0.1, 0.15) is 11.3 Å². The number of benzene rings is 3. The predicted octanol–water partition coefficient (Wildman–Crippen LogP) is 6.59. The van der Waals surface area contributed by atoms with E-state index >= 15 is 0 Å². The van der Waals surface area contributed by atoms with Crippen LogP contribution in [0.1, 0.15) is 24.2 Å². The largest absolute Gasteiger partial charge is 0.497 e. The number of nitrogens with one attached hydrogen (secondary N) is 2. The predicted molar refractivity (Wildman–Crippen MR) is 187 cm³/mol. The Balaban J connectivity index is 1.30. The van der Waals surface area contributed by atoms with Gasteiger partial charge in [0.15, 0.2) is 5.82 Å². The Morgan fingerprint density at radius 3 is 2.38 bits per heavy atom. The smallest absolute Gasteiger partial charge is 0.316 e. The molecule has 4 aromatic heterocycles. The molecule has 0 amide bonds. The van der Waals surface area contributed by atoms with Crippen molar-refractivity contribution >= 4 is 33.6 Å². The molecule has 11 nitrogen and oxygen atoms in total. The summed E-state index contributed by atoms with van der Waals surface area (Å²) in [6.45, 7) is 2.52. The highest BCUT2D eigenvalue weighted by molar-refractivity contribution is 5.96. The molecule has 0 fully saturated rings. The van der Waals surface area contributed by atoms with E-state index in [4.69, 9.17) is 19.4 Å². The maximum atomic E-state index is 14.6. The van der Waals surface area contributed by atoms with Crippen molar-refractivity contribution in [3.63, 3.8) is 0 Å². The average molecular weight is 637 g/mol. The van der Waals surface area contributed by atoms with E-state index in [2.05, 4.69) is 25.6 Å². The van der Waals surface area contributed by atoms with Gasteiger partial charge < -0.3 is 20.1 Å². The van der Waals surface area contributed by atoms with Gasteiger partial charge in [-0.15, -0.1) is 0 Å². The summed E-state index contributed by atoms with van der Waals surface area (Å²) in [7, 11) is 3.16. The second-order valence-electron chi connectivity index (χ2n) is 11.1. The number of pyridine rings is 2. The summed E-state index contributed by atoms with van der Waals surface area (Å²) < 4.78 is 12.2. The Bertz CT molecular complexity index is 2280. The Labute approximate surface area is 276 Å². The molecule has 0 aliphatic rings. The Kier molecular flexibility index (Phi) is 8.31. The maximum Gasteiger partial charge on any atom is 0.316 e. The first-order valence-corrected chi connectivity index (χ1v) is 15.4. The van der Waals surface area contributed by atoms with Gasteiger partial charge in [-0.05, 0) is 65.9 Å². The highest BCUT2D eigenvalue weighted by Crippen LogP contribution is 2.31. The van der Waals surface area contributed by atoms with Crippen LogP contribution in [0.5, 0.6) is 11.8 Å². The number of aromatic nitrogens is 6. The van der Waals surface area contributed by atoms with Crippen LogP contribution in [0.15, 0.2) is 114 Å². The first-order valence-electron chi connectivity index (χ1n) is 15.4. The van der Waals surface area contributed by atoms with E-state index < -0.39 is 0 Å². The van der Waals surface area contributed by atoms with E-state index in [1.54, 1.807) is 30.3 Å². The number of anilines is 2. The van der Waals surface area contributed by atoms with Gasteiger partial charge in [-0.2, -0.15) is 4.98 Å². The molecule has 0 saturated carbocycles. The lowest BCUT2D eigenvalue weighted by Crippen LogP contribution is -2.26. The molecular formula is C37H32N8O3. The summed E-state index contributed by atoms with van der Waals surface area (Å²) >= 11 is 0. The Hall–Kier alpha value is -6.36. The van der Waals surface area contributed by atoms with E-state index in [0.717, 1.165) is 33.6 Å². The van der Waals surface area contributed by atoms with E-state index in [-0.39, 0.29) is 17.6 Å². The van der Waals surface area contributed by atoms with Crippen LogP contribution >= 0.6 is 0 Å². The Morgan fingerprint density at radius 1 is 0.833 bits per heavy atom. The number of methoxy groups -OCH3 is 2. The lowest BCUT2D eigenvalue weighted by atomic mass is 9.99. The quantitative estimate of drug-likeness (QED) is 0.170. The molecule has 0 unspecified atom stereocenters. The van der Waals surface area contributed by atoms with E-state index in [0.29, 0.717) is 40.3 Å². The van der Waals surface area contributed by atoms with Crippen LogP contribution in [0.2, 0.25) is 0 Å². The van der Waals surface area contributed by atoms with Gasteiger partial charge in [-0.25, -0.2) is 15.0 Å². The molecule has 0 aliphatic carbocycles. The van der Waals surface area contributed by atoms with Gasteiger partial charge in [0.05, 0.1) is 31.2 Å². The van der Waals surface area contributed by atoms with Crippen LogP contribution in [0, 0.1) is 0 Å². The number of para-hydroxylation sites is 1. The van der Waals surface area contributed by atoms with Crippen molar-refractivity contribution in [1.29, 1.82) is 0 Å². The fourth-order valence-corrected chi connectivity index (χ4v) is 5.70. The summed E-state index contributed by atoms with van der Waals surface area (Å²) in [5.74, 6) is 1.79. The fourth-order valence-electron chi connectivity index (χ4n) is 5.70. The third kappa shape index (κ3) is 5.96. The molecule has 0 aliphatic heterocycles. The standard InChI is InChI=1S/C37H32N8O3/c1-23(42-34-33-30(13-8-18-38-33)43-36(44-34)39-20-24-14-16-28(47-2)17-15-24)31-19-25-9-7-12-29(26-21-40-37(48-3)41-22-26)32(25)35(46)45(31)27-10-5-4-6-11-27/h4-19,21-23H,20H2,1-3H3,(H2,39,42,43,44)/t23-/m0/s1. The first kappa shape index (κ1) is 30.3. The number of hydrogen-bond donors (Lipinski definition) is 2. The summed E-state index contributed by atoms with van der Waals surface area (Å²) in [6.07, 6.45) is 5.04. The lowest BCUT2D eigenvalue weighted by molar-refractivity contribution is 0.380. The minimum atomic E-state index is -0.371. The second kappa shape index (κ2) is 13.2. The van der Waals surface area contributed by atoms with Gasteiger partial charge in [0.25, 0.3) is 5.56 Å². The van der Waals surface area contributed by atoms with E-state index in [1.807, 2.05) is 97.9 Å². The van der Waals surface area contributed by atoms with Crippen LogP contribution in [-0.4, -0.2) is 43.7 Å². The molecule has 48 heavy (non-hydrogen) atoms. The molecular weight excluding hydrogens is 604 g/mol. The molecule has 4 heterocycles. The monoisotopic (exact) mass is 636 g/mol. The molecule has 3 aromatic carbocycles. The van der Waals surface area contributed by atoms with Crippen LogP contribution in [0.4, 0.5) is 11.8 Å². The lowest BCUT2D eigenvalue weighted by Gasteiger charge is -2.22. The van der Waals surface area contributed by atoms with Crippen molar-refractivity contribution in [3.8, 4) is 28.6 Å². The number of hydrogen-bond acceptors (Lipinski definition) is 10. The fraction of sp³-hybridized carbons (Fsp3) is 0.135. The van der Waals surface area contributed by atoms with Crippen molar-refractivity contribution in [2.45, 2.75) is 19.5 Å². The average Bonchev–Trinajstić information content (AvgIpc) is 3.14. The van der Waals surface area contributed by atoms with Crippen molar-refractivity contribution in [2.24, 2.45) is 0 Å². The number of rotatable bonds is 10. The molecule has 0 radical (unpaired) electrons. The van der Waals surface area contributed by atoms with Crippen molar-refractivity contribution in [3.05, 3.63) is 131 Å². The molecule has 0 spiro atoms. The first-order chi connectivity index (χ1) is 23.5. The summed E-state index contributed by atoms with van der Waals surface area (Å²) in [5, 5.41) is 8.24. The van der Waals surface area contributed by atoms with Crippen LogP contribution in [-0.2, 0) is 6.54 Å². The minimum absolute atomic E-state index is 0.165. The van der Waals surface area contributed by atoms with Gasteiger partial charge >= 0.3 is 6.01 Å². The summed E-state index contributed by atoms with van der Waals surface area (Å²) in [6, 6.07) is 28.9.